The van der Waals surface area contributed by atoms with Gasteiger partial charge in [-0.05, 0) is 6.07 Å². The van der Waals surface area contributed by atoms with E-state index in [1.54, 1.807) is 0 Å². The van der Waals surface area contributed by atoms with Crippen molar-refractivity contribution in [3.63, 3.8) is 0 Å². The fourth-order valence-corrected chi connectivity index (χ4v) is 3.73. The Balaban J connectivity index is 1.92. The number of aliphatic hydroxyl groups excluding tert-OH is 4. The molecule has 0 bridgehead atoms. The second-order valence-electron chi connectivity index (χ2n) is 7.65. The van der Waals surface area contributed by atoms with E-state index in [1.807, 2.05) is 0 Å². The fourth-order valence-electron chi connectivity index (χ4n) is 3.73. The molecule has 182 valence electrons. The molecule has 3 aromatic rings. The quantitative estimate of drug-likeness (QED) is 0.144. The van der Waals surface area contributed by atoms with Gasteiger partial charge in [-0.1, -0.05) is 0 Å². The molecule has 0 aliphatic carbocycles. The van der Waals surface area contributed by atoms with Crippen LogP contribution >= 0.6 is 0 Å². The van der Waals surface area contributed by atoms with E-state index in [2.05, 4.69) is 0 Å². The highest BCUT2D eigenvalue weighted by atomic mass is 16.7. The van der Waals surface area contributed by atoms with Crippen LogP contribution in [-0.4, -0.2) is 80.2 Å². The van der Waals surface area contributed by atoms with Crippen molar-refractivity contribution in [1.82, 2.24) is 0 Å². The molecule has 2 heterocycles. The molecule has 34 heavy (non-hydrogen) atoms. The van der Waals surface area contributed by atoms with Crippen LogP contribution in [0.5, 0.6) is 28.7 Å². The second kappa shape index (κ2) is 9.00. The smallest absolute Gasteiger partial charge is 0.336 e. The highest BCUT2D eigenvalue weighted by Crippen LogP contribution is 2.44. The summed E-state index contributed by atoms with van der Waals surface area (Å²) in [5, 5.41) is 70.0. The summed E-state index contributed by atoms with van der Waals surface area (Å²) in [6, 6.07) is 5.64. The maximum atomic E-state index is 12.3. The van der Waals surface area contributed by atoms with Gasteiger partial charge >= 0.3 is 5.63 Å². The number of methoxy groups -OCH3 is 1. The number of fused-ring (bicyclic) bond motifs is 1. The van der Waals surface area contributed by atoms with Gasteiger partial charge in [-0.3, -0.25) is 0 Å². The summed E-state index contributed by atoms with van der Waals surface area (Å²) in [6.45, 7) is -0.676. The number of aromatic hydroxyl groups is 3. The molecule has 1 aliphatic heterocycles. The molecular weight excluding hydrogens is 456 g/mol. The van der Waals surface area contributed by atoms with Gasteiger partial charge in [-0.2, -0.15) is 0 Å². The minimum atomic E-state index is -1.73. The van der Waals surface area contributed by atoms with Crippen LogP contribution in [0.3, 0.4) is 0 Å². The van der Waals surface area contributed by atoms with Gasteiger partial charge in [-0.15, -0.1) is 0 Å². The number of benzene rings is 2. The zero-order valence-electron chi connectivity index (χ0n) is 17.7. The molecule has 1 saturated heterocycles. The van der Waals surface area contributed by atoms with Crippen LogP contribution < -0.4 is 15.1 Å². The summed E-state index contributed by atoms with van der Waals surface area (Å²) in [4.78, 5) is 12.3. The molecule has 0 saturated carbocycles. The van der Waals surface area contributed by atoms with E-state index in [9.17, 15) is 40.5 Å². The van der Waals surface area contributed by atoms with Gasteiger partial charge in [-0.25, -0.2) is 4.79 Å². The molecule has 5 atom stereocenters. The lowest BCUT2D eigenvalue weighted by Crippen LogP contribution is -2.60. The Morgan fingerprint density at radius 1 is 0.882 bits per heavy atom. The number of rotatable bonds is 5. The van der Waals surface area contributed by atoms with Gasteiger partial charge in [0.1, 0.15) is 47.2 Å². The average Bonchev–Trinajstić information content (AvgIpc) is 2.80. The molecule has 0 amide bonds. The molecule has 1 fully saturated rings. The van der Waals surface area contributed by atoms with Gasteiger partial charge in [0.2, 0.25) is 6.29 Å². The number of hydrogen-bond acceptors (Lipinski definition) is 12. The monoisotopic (exact) mass is 478 g/mol. The van der Waals surface area contributed by atoms with Gasteiger partial charge in [0, 0.05) is 35.4 Å². The molecule has 2 unspecified atom stereocenters. The summed E-state index contributed by atoms with van der Waals surface area (Å²) in [5.74, 6) is -1.56. The standard InChI is InChI=1S/C22H22O12/c1-31-8-2-14-18(10(5-17(27)32-14)9-4-12(25)13(26)6-11(9)24)15(3-8)33-22-21(30)20(29)19(28)16(7-23)34-22/h2-6,16,19-26,28-30H,7H2,1H3/t16?,19-,20+,21?,22-/m1/s1. The number of phenolic OH excluding ortho intramolecular Hbond substituents is 3. The molecule has 0 spiro atoms. The van der Waals surface area contributed by atoms with E-state index < -0.39 is 60.2 Å². The minimum Gasteiger partial charge on any atom is -0.507 e. The first-order valence-electron chi connectivity index (χ1n) is 10.0. The predicted molar refractivity (Wildman–Crippen MR) is 114 cm³/mol. The topological polar surface area (TPSA) is 200 Å². The fraction of sp³-hybridized carbons (Fsp3) is 0.318. The van der Waals surface area contributed by atoms with Gasteiger partial charge < -0.3 is 54.4 Å². The van der Waals surface area contributed by atoms with Crippen molar-refractivity contribution < 1.29 is 54.4 Å². The number of ether oxygens (including phenoxy) is 3. The second-order valence-corrected chi connectivity index (χ2v) is 7.65. The summed E-state index contributed by atoms with van der Waals surface area (Å²) in [6.07, 6.45) is -7.86. The Morgan fingerprint density at radius 2 is 1.59 bits per heavy atom. The van der Waals surface area contributed by atoms with Crippen LogP contribution in [0.15, 0.2) is 39.5 Å². The SMILES string of the molecule is COc1cc(O[C@@H]2OC(CO)[C@@H](O)[C@H](O)C2O)c2c(-c3cc(O)c(O)cc3O)cc(=O)oc2c1. The van der Waals surface area contributed by atoms with Crippen LogP contribution in [0.1, 0.15) is 0 Å². The van der Waals surface area contributed by atoms with Gasteiger partial charge in [0.05, 0.1) is 19.1 Å². The van der Waals surface area contributed by atoms with Crippen molar-refractivity contribution in [2.45, 2.75) is 30.7 Å². The first kappa shape index (κ1) is 23.6. The highest BCUT2D eigenvalue weighted by molar-refractivity contribution is 6.00. The Labute approximate surface area is 191 Å². The number of hydrogen-bond donors (Lipinski definition) is 7. The molecule has 2 aromatic carbocycles. The van der Waals surface area contributed by atoms with Crippen molar-refractivity contribution >= 4 is 11.0 Å². The summed E-state index contributed by atoms with van der Waals surface area (Å²) < 4.78 is 21.6. The molecule has 12 nitrogen and oxygen atoms in total. The van der Waals surface area contributed by atoms with Crippen molar-refractivity contribution in [2.75, 3.05) is 13.7 Å². The number of aliphatic hydroxyl groups is 4. The molecule has 1 aromatic heterocycles. The molecular formula is C22H22O12. The summed E-state index contributed by atoms with van der Waals surface area (Å²) in [5.41, 5.74) is -0.909. The molecule has 7 N–H and O–H groups in total. The molecule has 12 heteroatoms. The lowest BCUT2D eigenvalue weighted by molar-refractivity contribution is -0.277. The third-order valence-corrected chi connectivity index (χ3v) is 5.49. The Kier molecular flexibility index (Phi) is 6.25. The van der Waals surface area contributed by atoms with E-state index >= 15 is 0 Å². The van der Waals surface area contributed by atoms with E-state index in [-0.39, 0.29) is 33.6 Å². The van der Waals surface area contributed by atoms with Gasteiger partial charge in [0.15, 0.2) is 11.5 Å². The lowest BCUT2D eigenvalue weighted by atomic mass is 9.98. The summed E-state index contributed by atoms with van der Waals surface area (Å²) in [7, 11) is 1.34. The maximum Gasteiger partial charge on any atom is 0.336 e. The number of phenols is 3. The van der Waals surface area contributed by atoms with Crippen LogP contribution in [0.2, 0.25) is 0 Å². The largest absolute Gasteiger partial charge is 0.507 e. The molecule has 4 rings (SSSR count). The van der Waals surface area contributed by atoms with Crippen molar-refractivity contribution in [3.8, 4) is 39.9 Å². The van der Waals surface area contributed by atoms with Crippen molar-refractivity contribution in [3.05, 3.63) is 40.8 Å². The Morgan fingerprint density at radius 3 is 2.26 bits per heavy atom. The zero-order chi connectivity index (χ0) is 24.7. The third kappa shape index (κ3) is 4.08. The minimum absolute atomic E-state index is 0.0290. The molecule has 1 aliphatic rings. The Hall–Kier alpha value is -3.55. The van der Waals surface area contributed by atoms with Crippen LogP contribution in [0.25, 0.3) is 22.1 Å². The van der Waals surface area contributed by atoms with E-state index in [4.69, 9.17) is 18.6 Å². The summed E-state index contributed by atoms with van der Waals surface area (Å²) >= 11 is 0. The van der Waals surface area contributed by atoms with Crippen molar-refractivity contribution in [1.29, 1.82) is 0 Å². The van der Waals surface area contributed by atoms with Crippen LogP contribution in [0.4, 0.5) is 0 Å². The molecule has 0 radical (unpaired) electrons. The van der Waals surface area contributed by atoms with Gasteiger partial charge in [0.25, 0.3) is 0 Å². The highest BCUT2D eigenvalue weighted by Gasteiger charge is 2.45. The van der Waals surface area contributed by atoms with Crippen LogP contribution in [0, 0.1) is 0 Å². The maximum absolute atomic E-state index is 12.3. The normalized spacial score (nSPS) is 24.8. The lowest BCUT2D eigenvalue weighted by Gasteiger charge is -2.39. The first-order valence-corrected chi connectivity index (χ1v) is 10.0. The van der Waals surface area contributed by atoms with E-state index in [0.717, 1.165) is 18.2 Å². The van der Waals surface area contributed by atoms with Crippen molar-refractivity contribution in [2.24, 2.45) is 0 Å². The van der Waals surface area contributed by atoms with E-state index in [0.29, 0.717) is 0 Å². The first-order chi connectivity index (χ1) is 16.1. The average molecular weight is 478 g/mol. The van der Waals surface area contributed by atoms with Crippen LogP contribution in [-0.2, 0) is 4.74 Å². The predicted octanol–water partition coefficient (Wildman–Crippen LogP) is -0.236. The Bertz CT molecular complexity index is 1270. The third-order valence-electron chi connectivity index (χ3n) is 5.49. The zero-order valence-corrected chi connectivity index (χ0v) is 17.7. The van der Waals surface area contributed by atoms with E-state index in [1.165, 1.54) is 19.2 Å².